The average Bonchev–Trinajstić information content (AvgIpc) is 3.61. The summed E-state index contributed by atoms with van der Waals surface area (Å²) in [5, 5.41) is 3.59. The highest BCUT2D eigenvalue weighted by Crippen LogP contribution is 2.42. The van der Waals surface area contributed by atoms with E-state index in [4.69, 9.17) is 24.1 Å². The molecule has 3 aromatic rings. The van der Waals surface area contributed by atoms with Crippen LogP contribution in [0.4, 0.5) is 17.8 Å². The first-order valence-electron chi connectivity index (χ1n) is 12.2. The Hall–Kier alpha value is -2.72. The van der Waals surface area contributed by atoms with Crippen LogP contribution in [-0.4, -0.2) is 69.3 Å². The van der Waals surface area contributed by atoms with Gasteiger partial charge >= 0.3 is 0 Å². The molecule has 0 saturated carbocycles. The molecule has 6 heterocycles. The first-order valence-corrected chi connectivity index (χ1v) is 13.5. The number of hydrogen-bond acceptors (Lipinski definition) is 9. The van der Waals surface area contributed by atoms with Crippen molar-refractivity contribution in [3.63, 3.8) is 0 Å². The summed E-state index contributed by atoms with van der Waals surface area (Å²) in [5.74, 6) is 2.58. The average molecular weight is 481 g/mol. The minimum Gasteiger partial charge on any atom is -0.423 e. The van der Waals surface area contributed by atoms with Crippen molar-refractivity contribution in [2.75, 3.05) is 47.2 Å². The van der Waals surface area contributed by atoms with Crippen LogP contribution in [0, 0.1) is 5.92 Å². The molecule has 1 N–H and O–H groups in total. The minimum absolute atomic E-state index is 0.279. The maximum Gasteiger partial charge on any atom is 0.298 e. The normalized spacial score (nSPS) is 28.7. The molecule has 2 aromatic heterocycles. The van der Waals surface area contributed by atoms with Gasteiger partial charge in [0.05, 0.1) is 28.6 Å². The second kappa shape index (κ2) is 7.91. The Kier molecular flexibility index (Phi) is 4.80. The zero-order valence-corrected chi connectivity index (χ0v) is 20.0. The standard InChI is InChI=1S/C24H28N6O3S/c1-14-18-13-30(24-27-16-4-2-3-5-20(16)33-24)19(14)12-29(18)23-26-17-8-11-34(31)21(17)22(28-23)25-15-6-9-32-10-7-15/h2-5,14-15,18-19H,6-13H2,1H3,(H,25,26,28)/t14-,18?,19?,34?/m1/s1. The molecule has 4 aliphatic heterocycles. The second-order valence-electron chi connectivity index (χ2n) is 9.74. The zero-order chi connectivity index (χ0) is 22.8. The van der Waals surface area contributed by atoms with Gasteiger partial charge < -0.3 is 24.3 Å². The zero-order valence-electron chi connectivity index (χ0n) is 19.1. The van der Waals surface area contributed by atoms with E-state index in [1.165, 1.54) is 0 Å². The Bertz CT molecular complexity index is 1240. The number of aryl methyl sites for hydroxylation is 1. The van der Waals surface area contributed by atoms with E-state index in [9.17, 15) is 4.21 Å². The summed E-state index contributed by atoms with van der Waals surface area (Å²) in [6.45, 7) is 5.44. The predicted molar refractivity (Wildman–Crippen MR) is 130 cm³/mol. The van der Waals surface area contributed by atoms with Gasteiger partial charge in [-0.25, -0.2) is 4.98 Å². The third kappa shape index (κ3) is 3.22. The van der Waals surface area contributed by atoms with E-state index in [-0.39, 0.29) is 12.1 Å². The number of aromatic nitrogens is 3. The van der Waals surface area contributed by atoms with Gasteiger partial charge in [-0.05, 0) is 25.0 Å². The van der Waals surface area contributed by atoms with Crippen molar-refractivity contribution in [1.82, 2.24) is 15.0 Å². The second-order valence-corrected chi connectivity index (χ2v) is 11.2. The highest BCUT2D eigenvalue weighted by Gasteiger charge is 2.51. The molecular formula is C24H28N6O3S. The van der Waals surface area contributed by atoms with Crippen LogP contribution in [0.2, 0.25) is 0 Å². The molecule has 0 spiro atoms. The molecule has 3 fully saturated rings. The summed E-state index contributed by atoms with van der Waals surface area (Å²) in [6, 6.07) is 9.47. The van der Waals surface area contributed by atoms with Crippen LogP contribution in [0.25, 0.3) is 11.1 Å². The van der Waals surface area contributed by atoms with Gasteiger partial charge in [0.25, 0.3) is 6.01 Å². The summed E-state index contributed by atoms with van der Waals surface area (Å²) in [6.07, 6.45) is 2.61. The predicted octanol–water partition coefficient (Wildman–Crippen LogP) is 2.59. The van der Waals surface area contributed by atoms with Crippen molar-refractivity contribution >= 4 is 39.7 Å². The van der Waals surface area contributed by atoms with Crippen LogP contribution in [0.1, 0.15) is 25.5 Å². The van der Waals surface area contributed by atoms with E-state index in [2.05, 4.69) is 22.0 Å². The van der Waals surface area contributed by atoms with Crippen LogP contribution in [0.15, 0.2) is 33.6 Å². The molecule has 4 atom stereocenters. The van der Waals surface area contributed by atoms with E-state index in [0.717, 1.165) is 79.0 Å². The first-order chi connectivity index (χ1) is 16.7. The van der Waals surface area contributed by atoms with E-state index >= 15 is 0 Å². The first kappa shape index (κ1) is 20.6. The summed E-state index contributed by atoms with van der Waals surface area (Å²) >= 11 is 0. The van der Waals surface area contributed by atoms with Gasteiger partial charge in [0, 0.05) is 50.4 Å². The van der Waals surface area contributed by atoms with Crippen molar-refractivity contribution in [2.45, 2.75) is 49.2 Å². The van der Waals surface area contributed by atoms with Crippen molar-refractivity contribution < 1.29 is 13.4 Å². The van der Waals surface area contributed by atoms with E-state index < -0.39 is 10.8 Å². The summed E-state index contributed by atoms with van der Waals surface area (Å²) < 4.78 is 24.3. The smallest absolute Gasteiger partial charge is 0.298 e. The largest absolute Gasteiger partial charge is 0.423 e. The van der Waals surface area contributed by atoms with Crippen LogP contribution in [0.3, 0.4) is 0 Å². The number of rotatable bonds is 4. The van der Waals surface area contributed by atoms with Crippen molar-refractivity contribution in [3.8, 4) is 0 Å². The molecule has 2 bridgehead atoms. The number of fused-ring (bicyclic) bond motifs is 4. The molecule has 4 aliphatic rings. The third-order valence-corrected chi connectivity index (χ3v) is 9.26. The molecule has 0 amide bonds. The number of oxazole rings is 1. The quantitative estimate of drug-likeness (QED) is 0.604. The van der Waals surface area contributed by atoms with Gasteiger partial charge in [0.2, 0.25) is 5.95 Å². The number of piperazine rings is 1. The van der Waals surface area contributed by atoms with Gasteiger partial charge in [0.1, 0.15) is 16.2 Å². The number of benzene rings is 1. The molecule has 0 radical (unpaired) electrons. The monoisotopic (exact) mass is 480 g/mol. The highest BCUT2D eigenvalue weighted by atomic mass is 32.2. The van der Waals surface area contributed by atoms with Gasteiger partial charge in [-0.2, -0.15) is 9.97 Å². The Morgan fingerprint density at radius 3 is 2.65 bits per heavy atom. The lowest BCUT2D eigenvalue weighted by Crippen LogP contribution is -2.47. The van der Waals surface area contributed by atoms with E-state index in [1.54, 1.807) is 0 Å². The maximum absolute atomic E-state index is 12.7. The molecule has 7 rings (SSSR count). The fraction of sp³-hybridized carbons (Fsp3) is 0.542. The summed E-state index contributed by atoms with van der Waals surface area (Å²) in [4.78, 5) is 20.1. The fourth-order valence-corrected chi connectivity index (χ4v) is 7.22. The Morgan fingerprint density at radius 2 is 1.85 bits per heavy atom. The van der Waals surface area contributed by atoms with Crippen LogP contribution >= 0.6 is 0 Å². The molecule has 10 heteroatoms. The van der Waals surface area contributed by atoms with Crippen LogP contribution in [0.5, 0.6) is 0 Å². The van der Waals surface area contributed by atoms with Gasteiger partial charge in [-0.3, -0.25) is 4.21 Å². The molecule has 9 nitrogen and oxygen atoms in total. The highest BCUT2D eigenvalue weighted by molar-refractivity contribution is 7.85. The van der Waals surface area contributed by atoms with Gasteiger partial charge in [-0.15, -0.1) is 0 Å². The lowest BCUT2D eigenvalue weighted by Gasteiger charge is -2.33. The van der Waals surface area contributed by atoms with Gasteiger partial charge in [-0.1, -0.05) is 19.1 Å². The third-order valence-electron chi connectivity index (χ3n) is 7.81. The van der Waals surface area contributed by atoms with Crippen molar-refractivity contribution in [2.24, 2.45) is 5.92 Å². The summed E-state index contributed by atoms with van der Waals surface area (Å²) in [5.41, 5.74) is 2.65. The lowest BCUT2D eigenvalue weighted by atomic mass is 10.0. The number of hydrogen-bond donors (Lipinski definition) is 1. The minimum atomic E-state index is -1.04. The lowest BCUT2D eigenvalue weighted by molar-refractivity contribution is 0.0903. The molecular weight excluding hydrogens is 452 g/mol. The van der Waals surface area contributed by atoms with Gasteiger partial charge in [0.15, 0.2) is 5.58 Å². The van der Waals surface area contributed by atoms with Crippen LogP contribution < -0.4 is 15.1 Å². The summed E-state index contributed by atoms with van der Waals surface area (Å²) in [7, 11) is -1.04. The molecule has 178 valence electrons. The number of nitrogens with zero attached hydrogens (tertiary/aromatic N) is 5. The molecule has 0 aliphatic carbocycles. The number of nitrogens with one attached hydrogen (secondary N) is 1. The van der Waals surface area contributed by atoms with Crippen LogP contribution in [-0.2, 0) is 22.0 Å². The topological polar surface area (TPSA) is 96.6 Å². The molecule has 3 unspecified atom stereocenters. The van der Waals surface area contributed by atoms with Crippen molar-refractivity contribution in [3.05, 3.63) is 30.0 Å². The fourth-order valence-electron chi connectivity index (χ4n) is 5.91. The van der Waals surface area contributed by atoms with E-state index in [0.29, 0.717) is 23.7 Å². The molecule has 1 aromatic carbocycles. The number of para-hydroxylation sites is 2. The number of anilines is 3. The van der Waals surface area contributed by atoms with Crippen molar-refractivity contribution in [1.29, 1.82) is 0 Å². The maximum atomic E-state index is 12.7. The number of ether oxygens (including phenoxy) is 1. The Morgan fingerprint density at radius 1 is 1.06 bits per heavy atom. The molecule has 3 saturated heterocycles. The molecule has 34 heavy (non-hydrogen) atoms. The Balaban J connectivity index is 1.18. The Labute approximate surface area is 200 Å². The van der Waals surface area contributed by atoms with E-state index in [1.807, 2.05) is 24.3 Å². The SMILES string of the molecule is C[C@@H]1C2CN(c3nc4ccccc4o3)C1CN2c1nc2c(c(NC3CCOCC3)n1)S(=O)CC2.